The van der Waals surface area contributed by atoms with E-state index in [0.29, 0.717) is 18.6 Å². The Morgan fingerprint density at radius 3 is 2.54 bits per heavy atom. The molecule has 2 rings (SSSR count). The summed E-state index contributed by atoms with van der Waals surface area (Å²) in [6, 6.07) is 9.83. The monoisotopic (exact) mass is 460 g/mol. The molecule has 0 bridgehead atoms. The summed E-state index contributed by atoms with van der Waals surface area (Å²) in [5, 5.41) is 2.78. The van der Waals surface area contributed by atoms with Crippen molar-refractivity contribution in [2.45, 2.75) is 29.6 Å². The molecule has 2 aromatic rings. The van der Waals surface area contributed by atoms with Crippen LogP contribution in [0.3, 0.4) is 0 Å². The van der Waals surface area contributed by atoms with Crippen molar-refractivity contribution in [3.63, 3.8) is 0 Å². The summed E-state index contributed by atoms with van der Waals surface area (Å²) in [4.78, 5) is 19.0. The second kappa shape index (κ2) is 10.5. The minimum Gasteiger partial charge on any atom is -0.501 e. The molecular formula is C20H23Cl3N2O2S. The van der Waals surface area contributed by atoms with Crippen molar-refractivity contribution < 1.29 is 9.53 Å². The number of methoxy groups -OCH3 is 1. The maximum Gasteiger partial charge on any atom is 0.250 e. The van der Waals surface area contributed by atoms with Gasteiger partial charge in [0.1, 0.15) is 10.8 Å². The van der Waals surface area contributed by atoms with E-state index in [-0.39, 0.29) is 17.9 Å². The number of rotatable bonds is 8. The second-order valence-corrected chi connectivity index (χ2v) is 9.78. The Labute approximate surface area is 185 Å². The summed E-state index contributed by atoms with van der Waals surface area (Å²) in [6.45, 7) is 1.79. The van der Waals surface area contributed by atoms with Gasteiger partial charge in [-0.05, 0) is 12.0 Å². The topological polar surface area (TPSA) is 42.4 Å². The molecule has 1 aromatic heterocycles. The summed E-state index contributed by atoms with van der Waals surface area (Å²) in [7, 11) is 3.27. The molecule has 2 atom stereocenters. The molecule has 0 aliphatic heterocycles. The van der Waals surface area contributed by atoms with Gasteiger partial charge in [0.05, 0.1) is 13.2 Å². The van der Waals surface area contributed by atoms with E-state index in [1.54, 1.807) is 25.1 Å². The zero-order chi connectivity index (χ0) is 20.7. The van der Waals surface area contributed by atoms with Gasteiger partial charge in [0, 0.05) is 37.0 Å². The molecule has 0 unspecified atom stereocenters. The summed E-state index contributed by atoms with van der Waals surface area (Å²) >= 11 is 19.3. The number of benzene rings is 1. The molecule has 152 valence electrons. The van der Waals surface area contributed by atoms with Gasteiger partial charge in [-0.25, -0.2) is 4.98 Å². The normalized spacial score (nSPS) is 14.4. The Morgan fingerprint density at radius 2 is 2.00 bits per heavy atom. The lowest BCUT2D eigenvalue weighted by Gasteiger charge is -2.26. The average molecular weight is 462 g/mol. The molecule has 0 aliphatic carbocycles. The molecule has 0 N–H and O–H groups in total. The number of hydrogen-bond donors (Lipinski definition) is 0. The number of ether oxygens (including phenoxy) is 1. The van der Waals surface area contributed by atoms with Gasteiger partial charge in [0.15, 0.2) is 3.79 Å². The minimum absolute atomic E-state index is 0.185. The standard InChI is InChI=1S/C20H23Cl3N2O2S/c1-14(20(21,22)23)11-16(27-3)13-18(26)25(2)17(19-24-9-10-28-19)12-15-7-5-4-6-8-15/h4-10,13-14,17H,11-12H2,1-3H3/b16-13+/t14-,17+/m0/s1. The molecule has 1 amide bonds. The lowest BCUT2D eigenvalue weighted by atomic mass is 10.0. The predicted octanol–water partition coefficient (Wildman–Crippen LogP) is 5.81. The van der Waals surface area contributed by atoms with Crippen LogP contribution in [0.2, 0.25) is 0 Å². The van der Waals surface area contributed by atoms with Crippen molar-refractivity contribution in [3.8, 4) is 0 Å². The molecule has 0 saturated heterocycles. The Kier molecular flexibility index (Phi) is 8.62. The van der Waals surface area contributed by atoms with E-state index in [4.69, 9.17) is 39.5 Å². The molecule has 0 saturated carbocycles. The maximum absolute atomic E-state index is 12.9. The fourth-order valence-electron chi connectivity index (χ4n) is 2.64. The summed E-state index contributed by atoms with van der Waals surface area (Å²) in [5.41, 5.74) is 1.13. The van der Waals surface area contributed by atoms with Crippen LogP contribution in [-0.2, 0) is 16.0 Å². The number of likely N-dealkylation sites (N-methyl/N-ethyl adjacent to an activating group) is 1. The number of halogens is 3. The van der Waals surface area contributed by atoms with E-state index in [1.165, 1.54) is 24.5 Å². The van der Waals surface area contributed by atoms with Crippen LogP contribution in [-0.4, -0.2) is 33.7 Å². The predicted molar refractivity (Wildman–Crippen MR) is 117 cm³/mol. The van der Waals surface area contributed by atoms with Crippen LogP contribution < -0.4 is 0 Å². The van der Waals surface area contributed by atoms with Crippen LogP contribution in [0.1, 0.15) is 30.0 Å². The highest BCUT2D eigenvalue weighted by Crippen LogP contribution is 2.38. The van der Waals surface area contributed by atoms with Crippen LogP contribution in [0.4, 0.5) is 0 Å². The fourth-order valence-corrected chi connectivity index (χ4v) is 3.65. The van der Waals surface area contributed by atoms with Crippen molar-refractivity contribution in [2.24, 2.45) is 5.92 Å². The Morgan fingerprint density at radius 1 is 1.32 bits per heavy atom. The van der Waals surface area contributed by atoms with Crippen LogP contribution >= 0.6 is 46.1 Å². The van der Waals surface area contributed by atoms with E-state index in [1.807, 2.05) is 35.7 Å². The van der Waals surface area contributed by atoms with Crippen molar-refractivity contribution in [3.05, 3.63) is 64.3 Å². The first kappa shape index (κ1) is 23.0. The molecule has 0 spiro atoms. The van der Waals surface area contributed by atoms with E-state index >= 15 is 0 Å². The van der Waals surface area contributed by atoms with Crippen LogP contribution in [0.15, 0.2) is 53.7 Å². The molecule has 1 aromatic carbocycles. The largest absolute Gasteiger partial charge is 0.501 e. The second-order valence-electron chi connectivity index (χ2n) is 6.49. The van der Waals surface area contributed by atoms with Crippen molar-refractivity contribution >= 4 is 52.0 Å². The van der Waals surface area contributed by atoms with Crippen molar-refractivity contribution in [1.82, 2.24) is 9.88 Å². The molecule has 1 heterocycles. The van der Waals surface area contributed by atoms with E-state index in [2.05, 4.69) is 4.98 Å². The van der Waals surface area contributed by atoms with Gasteiger partial charge >= 0.3 is 0 Å². The number of hydrogen-bond acceptors (Lipinski definition) is 4. The quantitative estimate of drug-likeness (QED) is 0.283. The highest BCUT2D eigenvalue weighted by atomic mass is 35.6. The van der Waals surface area contributed by atoms with Gasteiger partial charge in [0.25, 0.3) is 0 Å². The number of aromatic nitrogens is 1. The molecule has 4 nitrogen and oxygen atoms in total. The number of amides is 1. The minimum atomic E-state index is -1.43. The van der Waals surface area contributed by atoms with Gasteiger partial charge in [-0.2, -0.15) is 0 Å². The van der Waals surface area contributed by atoms with Gasteiger partial charge in [-0.15, -0.1) is 11.3 Å². The van der Waals surface area contributed by atoms with Crippen LogP contribution in [0, 0.1) is 5.92 Å². The molecule has 28 heavy (non-hydrogen) atoms. The van der Waals surface area contributed by atoms with Crippen LogP contribution in [0.25, 0.3) is 0 Å². The lowest BCUT2D eigenvalue weighted by Crippen LogP contribution is -2.31. The Bertz CT molecular complexity index is 777. The average Bonchev–Trinajstić information content (AvgIpc) is 3.19. The first-order valence-corrected chi connectivity index (χ1v) is 10.7. The summed E-state index contributed by atoms with van der Waals surface area (Å²) in [6.07, 6.45) is 4.21. The summed E-state index contributed by atoms with van der Waals surface area (Å²) < 4.78 is 3.92. The number of allylic oxidation sites excluding steroid dienone is 1. The van der Waals surface area contributed by atoms with Crippen molar-refractivity contribution in [1.29, 1.82) is 0 Å². The molecule has 0 fully saturated rings. The molecule has 8 heteroatoms. The van der Waals surface area contributed by atoms with Crippen LogP contribution in [0.5, 0.6) is 0 Å². The number of thiazole rings is 1. The van der Waals surface area contributed by atoms with Gasteiger partial charge in [-0.1, -0.05) is 72.1 Å². The first-order valence-electron chi connectivity index (χ1n) is 8.73. The zero-order valence-electron chi connectivity index (χ0n) is 15.9. The van der Waals surface area contributed by atoms with E-state index < -0.39 is 3.79 Å². The Hall–Kier alpha value is -1.27. The summed E-state index contributed by atoms with van der Waals surface area (Å²) in [5.74, 6) is -0.0290. The third-order valence-electron chi connectivity index (χ3n) is 4.44. The van der Waals surface area contributed by atoms with E-state index in [0.717, 1.165) is 10.6 Å². The SMILES string of the molecule is CO/C(=C/C(=O)N(C)[C@H](Cc1ccccc1)c1nccs1)C[C@H](C)C(Cl)(Cl)Cl. The third-order valence-corrected chi connectivity index (χ3v) is 6.43. The number of carbonyl (C=O) groups is 1. The number of alkyl halides is 3. The number of nitrogens with zero attached hydrogens (tertiary/aromatic N) is 2. The molecule has 0 aliphatic rings. The third kappa shape index (κ3) is 6.66. The fraction of sp³-hybridized carbons (Fsp3) is 0.400. The van der Waals surface area contributed by atoms with E-state index in [9.17, 15) is 4.79 Å². The van der Waals surface area contributed by atoms with Gasteiger partial charge in [0.2, 0.25) is 5.91 Å². The Balaban J connectivity index is 2.20. The molecular weight excluding hydrogens is 439 g/mol. The lowest BCUT2D eigenvalue weighted by molar-refractivity contribution is -0.127. The maximum atomic E-state index is 12.9. The molecule has 0 radical (unpaired) electrons. The van der Waals surface area contributed by atoms with Gasteiger partial charge in [-0.3, -0.25) is 4.79 Å². The smallest absolute Gasteiger partial charge is 0.250 e. The highest BCUT2D eigenvalue weighted by molar-refractivity contribution is 7.09. The number of carbonyl (C=O) groups excluding carboxylic acids is 1. The van der Waals surface area contributed by atoms with Gasteiger partial charge < -0.3 is 9.64 Å². The highest BCUT2D eigenvalue weighted by Gasteiger charge is 2.30. The van der Waals surface area contributed by atoms with Crippen molar-refractivity contribution in [2.75, 3.05) is 14.2 Å². The first-order chi connectivity index (χ1) is 13.2. The zero-order valence-corrected chi connectivity index (χ0v) is 19.0.